The molecule has 1 aromatic rings. The molecule has 1 N–H and O–H groups in total. The summed E-state index contributed by atoms with van der Waals surface area (Å²) < 4.78 is 14.4. The topological polar surface area (TPSA) is 15.3 Å². The van der Waals surface area contributed by atoms with Crippen molar-refractivity contribution in [3.8, 4) is 0 Å². The lowest BCUT2D eigenvalue weighted by molar-refractivity contribution is 0.360. The number of anilines is 1. The van der Waals surface area contributed by atoms with Crippen LogP contribution in [0.25, 0.3) is 0 Å². The molecule has 3 heteroatoms. The quantitative estimate of drug-likeness (QED) is 0.895. The van der Waals surface area contributed by atoms with E-state index in [-0.39, 0.29) is 11.9 Å². The second-order valence-electron chi connectivity index (χ2n) is 5.77. The second kappa shape index (κ2) is 5.91. The van der Waals surface area contributed by atoms with Crippen molar-refractivity contribution in [1.82, 2.24) is 5.32 Å². The Balaban J connectivity index is 2.25. The Morgan fingerprint density at radius 1 is 1.37 bits per heavy atom. The van der Waals surface area contributed by atoms with Crippen LogP contribution in [-0.4, -0.2) is 19.6 Å². The number of piperidine rings is 1. The van der Waals surface area contributed by atoms with E-state index in [0.717, 1.165) is 24.2 Å². The van der Waals surface area contributed by atoms with Crippen molar-refractivity contribution in [2.45, 2.75) is 45.7 Å². The van der Waals surface area contributed by atoms with E-state index in [1.165, 1.54) is 6.42 Å². The SMILES string of the molecule is CNC(C)c1ccc(N2CCCC(C)C2C)c(F)c1. The van der Waals surface area contributed by atoms with Crippen molar-refractivity contribution in [2.24, 2.45) is 5.92 Å². The maximum atomic E-state index is 14.4. The first-order valence-electron chi connectivity index (χ1n) is 7.28. The van der Waals surface area contributed by atoms with Crippen LogP contribution in [0.2, 0.25) is 0 Å². The predicted molar refractivity (Wildman–Crippen MR) is 79.1 cm³/mol. The van der Waals surface area contributed by atoms with Gasteiger partial charge in [0.1, 0.15) is 5.82 Å². The van der Waals surface area contributed by atoms with Crippen molar-refractivity contribution in [1.29, 1.82) is 0 Å². The largest absolute Gasteiger partial charge is 0.366 e. The number of rotatable bonds is 3. The molecule has 1 heterocycles. The first-order chi connectivity index (χ1) is 9.04. The Labute approximate surface area is 116 Å². The molecule has 0 aliphatic carbocycles. The van der Waals surface area contributed by atoms with Gasteiger partial charge in [-0.3, -0.25) is 0 Å². The molecule has 0 aromatic heterocycles. The third-order valence-corrected chi connectivity index (χ3v) is 4.59. The van der Waals surface area contributed by atoms with Gasteiger partial charge in [0.15, 0.2) is 0 Å². The molecule has 0 amide bonds. The van der Waals surface area contributed by atoms with Crippen LogP contribution in [0.3, 0.4) is 0 Å². The molecule has 0 spiro atoms. The van der Waals surface area contributed by atoms with Crippen LogP contribution in [0.1, 0.15) is 45.2 Å². The van der Waals surface area contributed by atoms with Gasteiger partial charge in [0.05, 0.1) is 5.69 Å². The standard InChI is InChI=1S/C16H25FN2/c1-11-6-5-9-19(13(11)3)16-8-7-14(10-15(16)17)12(2)18-4/h7-8,10-13,18H,5-6,9H2,1-4H3. The van der Waals surface area contributed by atoms with Gasteiger partial charge in [-0.25, -0.2) is 4.39 Å². The fourth-order valence-corrected chi connectivity index (χ4v) is 2.87. The lowest BCUT2D eigenvalue weighted by Gasteiger charge is -2.39. The molecule has 1 fully saturated rings. The second-order valence-corrected chi connectivity index (χ2v) is 5.77. The summed E-state index contributed by atoms with van der Waals surface area (Å²) in [5.74, 6) is 0.532. The van der Waals surface area contributed by atoms with Crippen molar-refractivity contribution >= 4 is 5.69 Å². The molecule has 19 heavy (non-hydrogen) atoms. The molecule has 2 rings (SSSR count). The molecule has 1 aliphatic heterocycles. The predicted octanol–water partition coefficient (Wildman–Crippen LogP) is 3.73. The molecule has 1 aliphatic rings. The number of nitrogens with zero attached hydrogens (tertiary/aromatic N) is 1. The number of benzene rings is 1. The Morgan fingerprint density at radius 3 is 2.74 bits per heavy atom. The Kier molecular flexibility index (Phi) is 4.46. The maximum Gasteiger partial charge on any atom is 0.146 e. The van der Waals surface area contributed by atoms with Crippen molar-refractivity contribution in [3.05, 3.63) is 29.6 Å². The van der Waals surface area contributed by atoms with Crippen LogP contribution in [0, 0.1) is 11.7 Å². The smallest absolute Gasteiger partial charge is 0.146 e. The normalized spacial score (nSPS) is 25.4. The van der Waals surface area contributed by atoms with E-state index in [1.807, 2.05) is 26.1 Å². The van der Waals surface area contributed by atoms with Gasteiger partial charge < -0.3 is 10.2 Å². The number of hydrogen-bond acceptors (Lipinski definition) is 2. The summed E-state index contributed by atoms with van der Waals surface area (Å²) in [5.41, 5.74) is 1.76. The molecule has 1 aromatic carbocycles. The van der Waals surface area contributed by atoms with Gasteiger partial charge in [-0.2, -0.15) is 0 Å². The van der Waals surface area contributed by atoms with Crippen LogP contribution >= 0.6 is 0 Å². The first kappa shape index (κ1) is 14.3. The summed E-state index contributed by atoms with van der Waals surface area (Å²) in [4.78, 5) is 2.22. The van der Waals surface area contributed by atoms with E-state index in [9.17, 15) is 4.39 Å². The molecule has 3 unspecified atom stereocenters. The highest BCUT2D eigenvalue weighted by Gasteiger charge is 2.26. The van der Waals surface area contributed by atoms with E-state index in [2.05, 4.69) is 24.1 Å². The molecule has 1 saturated heterocycles. The molecular weight excluding hydrogens is 239 g/mol. The Bertz CT molecular complexity index is 433. The van der Waals surface area contributed by atoms with E-state index < -0.39 is 0 Å². The monoisotopic (exact) mass is 264 g/mol. The Hall–Kier alpha value is -1.09. The van der Waals surface area contributed by atoms with Gasteiger partial charge in [-0.05, 0) is 57.4 Å². The summed E-state index contributed by atoms with van der Waals surface area (Å²) in [5, 5.41) is 3.14. The summed E-state index contributed by atoms with van der Waals surface area (Å²) >= 11 is 0. The Morgan fingerprint density at radius 2 is 2.11 bits per heavy atom. The third kappa shape index (κ3) is 2.92. The molecule has 3 atom stereocenters. The molecule has 2 nitrogen and oxygen atoms in total. The zero-order chi connectivity index (χ0) is 14.0. The van der Waals surface area contributed by atoms with Crippen LogP contribution in [-0.2, 0) is 0 Å². The third-order valence-electron chi connectivity index (χ3n) is 4.59. The van der Waals surface area contributed by atoms with Gasteiger partial charge in [-0.1, -0.05) is 13.0 Å². The van der Waals surface area contributed by atoms with Crippen LogP contribution in [0.4, 0.5) is 10.1 Å². The van der Waals surface area contributed by atoms with Crippen molar-refractivity contribution < 1.29 is 4.39 Å². The average Bonchev–Trinajstić information content (AvgIpc) is 2.41. The summed E-state index contributed by atoms with van der Waals surface area (Å²) in [6, 6.07) is 6.23. The van der Waals surface area contributed by atoms with Crippen molar-refractivity contribution in [3.63, 3.8) is 0 Å². The minimum atomic E-state index is -0.0967. The lowest BCUT2D eigenvalue weighted by Crippen LogP contribution is -2.42. The summed E-state index contributed by atoms with van der Waals surface area (Å²) in [7, 11) is 1.89. The highest BCUT2D eigenvalue weighted by Crippen LogP contribution is 2.31. The van der Waals surface area contributed by atoms with Gasteiger partial charge in [-0.15, -0.1) is 0 Å². The molecule has 0 saturated carbocycles. The highest BCUT2D eigenvalue weighted by molar-refractivity contribution is 5.51. The zero-order valence-corrected chi connectivity index (χ0v) is 12.4. The van der Waals surface area contributed by atoms with Gasteiger partial charge in [0.2, 0.25) is 0 Å². The van der Waals surface area contributed by atoms with Crippen molar-refractivity contribution in [2.75, 3.05) is 18.5 Å². The molecule has 106 valence electrons. The number of nitrogens with one attached hydrogen (secondary N) is 1. The summed E-state index contributed by atoms with van der Waals surface area (Å²) in [6.45, 7) is 7.46. The zero-order valence-electron chi connectivity index (χ0n) is 12.4. The maximum absolute atomic E-state index is 14.4. The first-order valence-corrected chi connectivity index (χ1v) is 7.28. The highest BCUT2D eigenvalue weighted by atomic mass is 19.1. The van der Waals surface area contributed by atoms with Gasteiger partial charge in [0, 0.05) is 18.6 Å². The van der Waals surface area contributed by atoms with Crippen LogP contribution in [0.5, 0.6) is 0 Å². The molecule has 0 radical (unpaired) electrons. The van der Waals surface area contributed by atoms with E-state index >= 15 is 0 Å². The molecular formula is C16H25FN2. The minimum absolute atomic E-state index is 0.0967. The van der Waals surface area contributed by atoms with Gasteiger partial charge in [0.25, 0.3) is 0 Å². The molecule has 0 bridgehead atoms. The average molecular weight is 264 g/mol. The number of halogens is 1. The number of hydrogen-bond donors (Lipinski definition) is 1. The fraction of sp³-hybridized carbons (Fsp3) is 0.625. The van der Waals surface area contributed by atoms with E-state index in [0.29, 0.717) is 12.0 Å². The van der Waals surface area contributed by atoms with E-state index in [1.54, 1.807) is 6.07 Å². The van der Waals surface area contributed by atoms with Crippen LogP contribution in [0.15, 0.2) is 18.2 Å². The van der Waals surface area contributed by atoms with E-state index in [4.69, 9.17) is 0 Å². The lowest BCUT2D eigenvalue weighted by atomic mass is 9.91. The van der Waals surface area contributed by atoms with Gasteiger partial charge >= 0.3 is 0 Å². The summed E-state index contributed by atoms with van der Waals surface area (Å²) in [6.07, 6.45) is 2.40. The minimum Gasteiger partial charge on any atom is -0.366 e. The fourth-order valence-electron chi connectivity index (χ4n) is 2.87. The van der Waals surface area contributed by atoms with Crippen LogP contribution < -0.4 is 10.2 Å².